The van der Waals surface area contributed by atoms with Crippen LogP contribution in [0.25, 0.3) is 0 Å². The van der Waals surface area contributed by atoms with Gasteiger partial charge in [0.2, 0.25) is 0 Å². The number of rotatable bonds is 5. The lowest BCUT2D eigenvalue weighted by molar-refractivity contribution is 0.0525. The van der Waals surface area contributed by atoms with Crippen molar-refractivity contribution >= 4 is 17.7 Å². The van der Waals surface area contributed by atoms with Crippen LogP contribution in [0.15, 0.2) is 48.5 Å². The maximum atomic E-state index is 11.8. The average molecular weight is 355 g/mol. The Labute approximate surface area is 154 Å². The lowest BCUT2D eigenvalue weighted by Gasteiger charge is -2.19. The van der Waals surface area contributed by atoms with E-state index >= 15 is 0 Å². The number of hydrogen-bond acceptors (Lipinski definition) is 4. The summed E-state index contributed by atoms with van der Waals surface area (Å²) in [7, 11) is 0. The van der Waals surface area contributed by atoms with E-state index in [2.05, 4.69) is 5.32 Å². The molecule has 0 saturated carbocycles. The first-order chi connectivity index (χ1) is 12.3. The van der Waals surface area contributed by atoms with Crippen molar-refractivity contribution in [2.45, 2.75) is 39.7 Å². The molecular weight excluding hydrogens is 330 g/mol. The van der Waals surface area contributed by atoms with E-state index in [1.54, 1.807) is 19.1 Å². The second kappa shape index (κ2) is 8.52. The smallest absolute Gasteiger partial charge is 0.412 e. The quantitative estimate of drug-likeness (QED) is 0.782. The summed E-state index contributed by atoms with van der Waals surface area (Å²) >= 11 is 0. The molecule has 1 N–H and O–H groups in total. The van der Waals surface area contributed by atoms with Gasteiger partial charge in [-0.05, 0) is 69.5 Å². The Bertz CT molecular complexity index is 743. The van der Waals surface area contributed by atoms with Gasteiger partial charge in [-0.1, -0.05) is 24.3 Å². The van der Waals surface area contributed by atoms with Crippen LogP contribution in [0.5, 0.6) is 0 Å². The highest BCUT2D eigenvalue weighted by molar-refractivity contribution is 5.89. The summed E-state index contributed by atoms with van der Waals surface area (Å²) < 4.78 is 10.2. The third-order valence-electron chi connectivity index (χ3n) is 3.47. The highest BCUT2D eigenvalue weighted by Gasteiger charge is 2.16. The molecule has 0 unspecified atom stereocenters. The minimum absolute atomic E-state index is 0.309. The Morgan fingerprint density at radius 1 is 0.923 bits per heavy atom. The number of benzene rings is 2. The summed E-state index contributed by atoms with van der Waals surface area (Å²) in [6.07, 6.45) is 0.260. The average Bonchev–Trinajstić information content (AvgIpc) is 2.56. The summed E-state index contributed by atoms with van der Waals surface area (Å²) in [5.74, 6) is -0.309. The van der Waals surface area contributed by atoms with Crippen molar-refractivity contribution in [1.82, 2.24) is 0 Å². The van der Waals surface area contributed by atoms with Crippen molar-refractivity contribution in [3.8, 4) is 0 Å². The SMILES string of the molecule is CCOC(=O)c1ccc(Cc2ccc(NC(=O)OC(C)(C)C)cc2)cc1. The van der Waals surface area contributed by atoms with E-state index in [4.69, 9.17) is 9.47 Å². The van der Waals surface area contributed by atoms with Crippen LogP contribution in [0.4, 0.5) is 10.5 Å². The first-order valence-corrected chi connectivity index (χ1v) is 8.62. The number of carbonyl (C=O) groups is 2. The van der Waals surface area contributed by atoms with E-state index in [1.165, 1.54) is 0 Å². The molecule has 0 heterocycles. The highest BCUT2D eigenvalue weighted by atomic mass is 16.6. The molecule has 0 fully saturated rings. The number of esters is 1. The Morgan fingerprint density at radius 3 is 1.96 bits per heavy atom. The first-order valence-electron chi connectivity index (χ1n) is 8.62. The fourth-order valence-electron chi connectivity index (χ4n) is 2.34. The van der Waals surface area contributed by atoms with Gasteiger partial charge in [-0.2, -0.15) is 0 Å². The normalized spacial score (nSPS) is 10.9. The molecule has 5 heteroatoms. The lowest BCUT2D eigenvalue weighted by atomic mass is 10.0. The molecule has 0 atom stereocenters. The number of nitrogens with one attached hydrogen (secondary N) is 1. The largest absolute Gasteiger partial charge is 0.462 e. The van der Waals surface area contributed by atoms with Gasteiger partial charge >= 0.3 is 12.1 Å². The number of ether oxygens (including phenoxy) is 2. The third kappa shape index (κ3) is 6.24. The van der Waals surface area contributed by atoms with Gasteiger partial charge in [-0.3, -0.25) is 5.32 Å². The predicted octanol–water partition coefficient (Wildman–Crippen LogP) is 4.80. The molecule has 0 saturated heterocycles. The van der Waals surface area contributed by atoms with Gasteiger partial charge < -0.3 is 9.47 Å². The maximum absolute atomic E-state index is 11.8. The second-order valence-corrected chi connectivity index (χ2v) is 6.92. The highest BCUT2D eigenvalue weighted by Crippen LogP contribution is 2.16. The van der Waals surface area contributed by atoms with Crippen LogP contribution in [-0.2, 0) is 15.9 Å². The minimum Gasteiger partial charge on any atom is -0.462 e. The summed E-state index contributed by atoms with van der Waals surface area (Å²) in [5.41, 5.74) is 2.89. The molecule has 1 amide bonds. The van der Waals surface area contributed by atoms with Crippen molar-refractivity contribution in [3.05, 3.63) is 65.2 Å². The molecule has 138 valence electrons. The third-order valence-corrected chi connectivity index (χ3v) is 3.47. The van der Waals surface area contributed by atoms with Crippen LogP contribution in [0.1, 0.15) is 49.2 Å². The van der Waals surface area contributed by atoms with Crippen LogP contribution < -0.4 is 5.32 Å². The molecule has 2 rings (SSSR count). The Balaban J connectivity index is 1.94. The molecule has 0 aliphatic rings. The van der Waals surface area contributed by atoms with Crippen molar-refractivity contribution in [2.24, 2.45) is 0 Å². The molecule has 0 bridgehead atoms. The van der Waals surface area contributed by atoms with Crippen LogP contribution >= 0.6 is 0 Å². The summed E-state index contributed by atoms with van der Waals surface area (Å²) in [5, 5.41) is 2.71. The second-order valence-electron chi connectivity index (χ2n) is 6.92. The van der Waals surface area contributed by atoms with Gasteiger partial charge in [0.15, 0.2) is 0 Å². The van der Waals surface area contributed by atoms with Crippen LogP contribution in [0, 0.1) is 0 Å². The molecule has 2 aromatic rings. The van der Waals surface area contributed by atoms with E-state index in [1.807, 2.05) is 57.2 Å². The van der Waals surface area contributed by atoms with E-state index in [0.717, 1.165) is 17.5 Å². The van der Waals surface area contributed by atoms with Crippen LogP contribution in [0.2, 0.25) is 0 Å². The lowest BCUT2D eigenvalue weighted by Crippen LogP contribution is -2.27. The van der Waals surface area contributed by atoms with Gasteiger partial charge in [0, 0.05) is 5.69 Å². The number of hydrogen-bond donors (Lipinski definition) is 1. The Kier molecular flexibility index (Phi) is 6.39. The summed E-state index contributed by atoms with van der Waals surface area (Å²) in [4.78, 5) is 23.4. The summed E-state index contributed by atoms with van der Waals surface area (Å²) in [6.45, 7) is 7.62. The molecular formula is C21H25NO4. The van der Waals surface area contributed by atoms with E-state index in [-0.39, 0.29) is 5.97 Å². The standard InChI is InChI=1S/C21H25NO4/c1-5-25-19(23)17-10-6-15(7-11-17)14-16-8-12-18(13-9-16)22-20(24)26-21(2,3)4/h6-13H,5,14H2,1-4H3,(H,22,24). The molecule has 0 aliphatic heterocycles. The van der Waals surface area contributed by atoms with Crippen molar-refractivity contribution < 1.29 is 19.1 Å². The van der Waals surface area contributed by atoms with Crippen LogP contribution in [-0.4, -0.2) is 24.3 Å². The van der Waals surface area contributed by atoms with Crippen LogP contribution in [0.3, 0.4) is 0 Å². The van der Waals surface area contributed by atoms with Crippen molar-refractivity contribution in [3.63, 3.8) is 0 Å². The zero-order chi connectivity index (χ0) is 19.2. The van der Waals surface area contributed by atoms with Gasteiger partial charge in [-0.25, -0.2) is 9.59 Å². The molecule has 2 aromatic carbocycles. The van der Waals surface area contributed by atoms with Gasteiger partial charge in [0.25, 0.3) is 0 Å². The number of anilines is 1. The first kappa shape index (κ1) is 19.5. The molecule has 5 nitrogen and oxygen atoms in total. The van der Waals surface area contributed by atoms with E-state index in [9.17, 15) is 9.59 Å². The predicted molar refractivity (Wildman–Crippen MR) is 102 cm³/mol. The zero-order valence-electron chi connectivity index (χ0n) is 15.7. The minimum atomic E-state index is -0.528. The van der Waals surface area contributed by atoms with E-state index in [0.29, 0.717) is 17.9 Å². The van der Waals surface area contributed by atoms with E-state index < -0.39 is 11.7 Å². The topological polar surface area (TPSA) is 64.6 Å². The Hall–Kier alpha value is -2.82. The van der Waals surface area contributed by atoms with Gasteiger partial charge in [-0.15, -0.1) is 0 Å². The van der Waals surface area contributed by atoms with Gasteiger partial charge in [0.05, 0.1) is 12.2 Å². The molecule has 0 radical (unpaired) electrons. The summed E-state index contributed by atoms with van der Waals surface area (Å²) in [6, 6.07) is 15.0. The molecule has 0 spiro atoms. The number of amides is 1. The maximum Gasteiger partial charge on any atom is 0.412 e. The Morgan fingerprint density at radius 2 is 1.46 bits per heavy atom. The fourth-order valence-corrected chi connectivity index (χ4v) is 2.34. The molecule has 0 aromatic heterocycles. The molecule has 26 heavy (non-hydrogen) atoms. The van der Waals surface area contributed by atoms with Gasteiger partial charge in [0.1, 0.15) is 5.60 Å². The van der Waals surface area contributed by atoms with Crippen molar-refractivity contribution in [1.29, 1.82) is 0 Å². The number of carbonyl (C=O) groups excluding carboxylic acids is 2. The monoisotopic (exact) mass is 355 g/mol. The molecule has 0 aliphatic carbocycles. The van der Waals surface area contributed by atoms with Crippen molar-refractivity contribution in [2.75, 3.05) is 11.9 Å². The zero-order valence-corrected chi connectivity index (χ0v) is 15.7. The fraction of sp³-hybridized carbons (Fsp3) is 0.333.